The number of nitrogens with zero attached hydrogens (tertiary/aromatic N) is 3. The van der Waals surface area contributed by atoms with E-state index in [4.69, 9.17) is 9.84 Å². The molecule has 8 heteroatoms. The Morgan fingerprint density at radius 1 is 1.14 bits per heavy atom. The Labute approximate surface area is 172 Å². The number of nitrogens with one attached hydrogen (secondary N) is 1. The number of ether oxygens (including phenoxy) is 1. The lowest BCUT2D eigenvalue weighted by Crippen LogP contribution is -2.47. The van der Waals surface area contributed by atoms with E-state index in [0.717, 1.165) is 57.7 Å². The first-order valence-corrected chi connectivity index (χ1v) is 10.4. The Morgan fingerprint density at radius 3 is 2.52 bits per heavy atom. The van der Waals surface area contributed by atoms with Crippen LogP contribution < -0.4 is 10.2 Å². The van der Waals surface area contributed by atoms with Gasteiger partial charge in [0, 0.05) is 57.6 Å². The maximum atomic E-state index is 12.1. The monoisotopic (exact) mass is 404 g/mol. The van der Waals surface area contributed by atoms with Crippen LogP contribution in [0.3, 0.4) is 0 Å². The Balaban J connectivity index is 1.41. The molecule has 8 nitrogen and oxygen atoms in total. The first-order valence-electron chi connectivity index (χ1n) is 10.4. The summed E-state index contributed by atoms with van der Waals surface area (Å²) in [5, 5.41) is 11.8. The molecule has 29 heavy (non-hydrogen) atoms. The molecule has 0 aromatic heterocycles. The van der Waals surface area contributed by atoms with Crippen molar-refractivity contribution in [2.24, 2.45) is 5.92 Å². The molecule has 160 valence electrons. The van der Waals surface area contributed by atoms with Gasteiger partial charge >= 0.3 is 6.09 Å². The van der Waals surface area contributed by atoms with Crippen molar-refractivity contribution in [3.8, 4) is 0 Å². The van der Waals surface area contributed by atoms with E-state index in [1.54, 1.807) is 7.11 Å². The van der Waals surface area contributed by atoms with Crippen LogP contribution in [0.15, 0.2) is 24.3 Å². The van der Waals surface area contributed by atoms with Gasteiger partial charge in [0.25, 0.3) is 5.91 Å². The Hall–Kier alpha value is -2.32. The summed E-state index contributed by atoms with van der Waals surface area (Å²) in [7, 11) is 1.55. The second-order valence-corrected chi connectivity index (χ2v) is 7.82. The number of carboxylic acid groups (broad SMARTS) is 1. The van der Waals surface area contributed by atoms with Gasteiger partial charge in [0.2, 0.25) is 0 Å². The van der Waals surface area contributed by atoms with Gasteiger partial charge in [0.15, 0.2) is 0 Å². The molecule has 0 atom stereocenters. The predicted molar refractivity (Wildman–Crippen MR) is 111 cm³/mol. The number of piperazine rings is 1. The summed E-state index contributed by atoms with van der Waals surface area (Å²) >= 11 is 0. The molecule has 0 unspecified atom stereocenters. The van der Waals surface area contributed by atoms with E-state index < -0.39 is 6.09 Å². The number of rotatable bonds is 7. The van der Waals surface area contributed by atoms with Gasteiger partial charge in [-0.2, -0.15) is 0 Å². The summed E-state index contributed by atoms with van der Waals surface area (Å²) in [6, 6.07) is 7.74. The number of piperidine rings is 1. The van der Waals surface area contributed by atoms with Crippen molar-refractivity contribution in [2.75, 3.05) is 64.6 Å². The van der Waals surface area contributed by atoms with Crippen LogP contribution in [0.1, 0.15) is 29.6 Å². The summed E-state index contributed by atoms with van der Waals surface area (Å²) in [5.74, 6) is 0.507. The second kappa shape index (κ2) is 10.5. The number of methoxy groups -OCH3 is 1. The van der Waals surface area contributed by atoms with E-state index in [1.165, 1.54) is 4.90 Å². The van der Waals surface area contributed by atoms with Gasteiger partial charge in [-0.25, -0.2) is 4.79 Å². The number of benzene rings is 1. The lowest BCUT2D eigenvalue weighted by Gasteiger charge is -2.37. The highest BCUT2D eigenvalue weighted by molar-refractivity contribution is 5.95. The molecule has 2 amide bonds. The van der Waals surface area contributed by atoms with Crippen molar-refractivity contribution in [1.82, 2.24) is 15.1 Å². The van der Waals surface area contributed by atoms with Crippen LogP contribution in [-0.2, 0) is 4.74 Å². The van der Waals surface area contributed by atoms with E-state index in [1.807, 2.05) is 18.2 Å². The minimum absolute atomic E-state index is 0.124. The molecule has 0 aliphatic carbocycles. The van der Waals surface area contributed by atoms with E-state index in [0.29, 0.717) is 24.6 Å². The Bertz CT molecular complexity index is 683. The molecule has 0 spiro atoms. The van der Waals surface area contributed by atoms with Crippen molar-refractivity contribution in [2.45, 2.75) is 19.3 Å². The number of hydrogen-bond acceptors (Lipinski definition) is 5. The summed E-state index contributed by atoms with van der Waals surface area (Å²) in [4.78, 5) is 29.5. The lowest BCUT2D eigenvalue weighted by molar-refractivity contribution is 0.0872. The number of hydrogen-bond donors (Lipinski definition) is 2. The number of carbonyl (C=O) groups excluding carboxylic acids is 1. The van der Waals surface area contributed by atoms with E-state index in [2.05, 4.69) is 21.2 Å². The number of amides is 2. The minimum atomic E-state index is -0.792. The van der Waals surface area contributed by atoms with E-state index in [9.17, 15) is 9.59 Å². The van der Waals surface area contributed by atoms with Crippen LogP contribution in [-0.4, -0.2) is 86.6 Å². The predicted octanol–water partition coefficient (Wildman–Crippen LogP) is 1.92. The quantitative estimate of drug-likeness (QED) is 0.676. The summed E-state index contributed by atoms with van der Waals surface area (Å²) in [5.41, 5.74) is 1.73. The van der Waals surface area contributed by atoms with Gasteiger partial charge in [0.1, 0.15) is 6.73 Å². The van der Waals surface area contributed by atoms with E-state index in [-0.39, 0.29) is 12.6 Å². The fourth-order valence-electron chi connectivity index (χ4n) is 4.09. The fourth-order valence-corrected chi connectivity index (χ4v) is 4.09. The highest BCUT2D eigenvalue weighted by Crippen LogP contribution is 2.22. The second-order valence-electron chi connectivity index (χ2n) is 7.82. The van der Waals surface area contributed by atoms with Crippen molar-refractivity contribution in [3.05, 3.63) is 29.8 Å². The third-order valence-corrected chi connectivity index (χ3v) is 5.96. The zero-order valence-electron chi connectivity index (χ0n) is 17.2. The van der Waals surface area contributed by atoms with Gasteiger partial charge in [0.05, 0.1) is 0 Å². The molecule has 0 radical (unpaired) electrons. The molecular weight excluding hydrogens is 372 g/mol. The van der Waals surface area contributed by atoms with Crippen molar-refractivity contribution < 1.29 is 19.4 Å². The molecule has 2 fully saturated rings. The third kappa shape index (κ3) is 6.08. The smallest absolute Gasteiger partial charge is 0.407 e. The first-order chi connectivity index (χ1) is 14.1. The van der Waals surface area contributed by atoms with Gasteiger partial charge in [-0.15, -0.1) is 0 Å². The lowest BCUT2D eigenvalue weighted by atomic mass is 9.93. The van der Waals surface area contributed by atoms with Crippen molar-refractivity contribution in [3.63, 3.8) is 0 Å². The van der Waals surface area contributed by atoms with E-state index >= 15 is 0 Å². The van der Waals surface area contributed by atoms with Crippen LogP contribution in [0.4, 0.5) is 10.5 Å². The van der Waals surface area contributed by atoms with Crippen LogP contribution >= 0.6 is 0 Å². The molecule has 2 N–H and O–H groups in total. The Morgan fingerprint density at radius 2 is 1.86 bits per heavy atom. The Kier molecular flexibility index (Phi) is 7.71. The molecule has 1 aromatic rings. The van der Waals surface area contributed by atoms with Gasteiger partial charge in [-0.3, -0.25) is 9.69 Å². The summed E-state index contributed by atoms with van der Waals surface area (Å²) in [6.07, 6.45) is 2.30. The minimum Gasteiger partial charge on any atom is -0.465 e. The molecule has 2 heterocycles. The molecule has 2 saturated heterocycles. The zero-order chi connectivity index (χ0) is 20.6. The molecule has 2 aliphatic heterocycles. The fraction of sp³-hybridized carbons (Fsp3) is 0.619. The normalized spacial score (nSPS) is 18.7. The SMILES string of the molecule is COCNC(=O)c1cccc(N2CCN(CCC3CCN(C(=O)O)CC3)CC2)c1. The number of likely N-dealkylation sites (tertiary alicyclic amines) is 1. The van der Waals surface area contributed by atoms with Gasteiger partial charge < -0.3 is 25.0 Å². The maximum Gasteiger partial charge on any atom is 0.407 e. The van der Waals surface area contributed by atoms with Crippen molar-refractivity contribution in [1.29, 1.82) is 0 Å². The molecule has 0 bridgehead atoms. The summed E-state index contributed by atoms with van der Waals surface area (Å²) in [6.45, 7) is 6.52. The average molecular weight is 405 g/mol. The molecule has 3 rings (SSSR count). The topological polar surface area (TPSA) is 85.4 Å². The largest absolute Gasteiger partial charge is 0.465 e. The maximum absolute atomic E-state index is 12.1. The van der Waals surface area contributed by atoms with Crippen LogP contribution in [0.25, 0.3) is 0 Å². The number of carbonyl (C=O) groups is 2. The first kappa shape index (κ1) is 21.4. The third-order valence-electron chi connectivity index (χ3n) is 5.96. The molecular formula is C21H32N4O4. The summed E-state index contributed by atoms with van der Waals surface area (Å²) < 4.78 is 4.90. The molecule has 1 aromatic carbocycles. The van der Waals surface area contributed by atoms with Crippen molar-refractivity contribution >= 4 is 17.7 Å². The molecule has 2 aliphatic rings. The van der Waals surface area contributed by atoms with Crippen LogP contribution in [0, 0.1) is 5.92 Å². The van der Waals surface area contributed by atoms with Crippen LogP contribution in [0.2, 0.25) is 0 Å². The van der Waals surface area contributed by atoms with Gasteiger partial charge in [-0.1, -0.05) is 6.07 Å². The highest BCUT2D eigenvalue weighted by Gasteiger charge is 2.24. The average Bonchev–Trinajstić information content (AvgIpc) is 2.76. The van der Waals surface area contributed by atoms with Gasteiger partial charge in [-0.05, 0) is 49.9 Å². The zero-order valence-corrected chi connectivity index (χ0v) is 17.2. The highest BCUT2D eigenvalue weighted by atomic mass is 16.5. The molecule has 0 saturated carbocycles. The standard InChI is InChI=1S/C21H32N4O4/c1-29-16-22-20(26)18-3-2-4-19(15-18)24-13-11-23(12-14-24)8-5-17-6-9-25(10-7-17)21(27)28/h2-4,15,17H,5-14,16H2,1H3,(H,22,26)(H,27,28). The van der Waals surface area contributed by atoms with Crippen LogP contribution in [0.5, 0.6) is 0 Å². The number of anilines is 1.